The molecule has 4 N–H and O–H groups in total. The van der Waals surface area contributed by atoms with Gasteiger partial charge in [0.1, 0.15) is 0 Å². The van der Waals surface area contributed by atoms with Gasteiger partial charge in [0.15, 0.2) is 0 Å². The number of halogens is 1. The summed E-state index contributed by atoms with van der Waals surface area (Å²) in [5, 5.41) is 6.11. The smallest absolute Gasteiger partial charge is 0.319 e. The fraction of sp³-hybridized carbons (Fsp3) is 0.263. The van der Waals surface area contributed by atoms with Crippen molar-refractivity contribution in [3.8, 4) is 0 Å². The number of benzene rings is 2. The first-order valence-corrected chi connectivity index (χ1v) is 8.49. The van der Waals surface area contributed by atoms with E-state index in [-0.39, 0.29) is 18.4 Å². The van der Waals surface area contributed by atoms with Crippen molar-refractivity contribution in [1.29, 1.82) is 0 Å². The topological polar surface area (TPSA) is 84.2 Å². The minimum atomic E-state index is -0.388. The number of carbonyl (C=O) groups is 2. The summed E-state index contributed by atoms with van der Waals surface area (Å²) in [4.78, 5) is 22.6. The standard InChI is InChI=1S/C16H16ClN3O2.C3H8/c17-13-5-1-12(2-6-13)10-19-16(22)20-14-7-3-11(4-8-14)9-15(18)21;1-3-2/h1-8H,9-10H2,(H2,18,21)(H2,19,20,22);3H2,1-2H3. The second kappa shape index (κ2) is 11.1. The van der Waals surface area contributed by atoms with Crippen molar-refractivity contribution in [3.05, 3.63) is 64.7 Å². The second-order valence-corrected chi connectivity index (χ2v) is 5.92. The normalized spacial score (nSPS) is 9.56. The summed E-state index contributed by atoms with van der Waals surface area (Å²) < 4.78 is 0. The molecule has 6 heteroatoms. The van der Waals surface area contributed by atoms with Crippen LogP contribution < -0.4 is 16.4 Å². The Kier molecular flexibility index (Phi) is 9.11. The fourth-order valence-corrected chi connectivity index (χ4v) is 1.99. The van der Waals surface area contributed by atoms with E-state index in [0.717, 1.165) is 11.1 Å². The Balaban J connectivity index is 0.000000970. The van der Waals surface area contributed by atoms with Crippen LogP contribution in [0.15, 0.2) is 48.5 Å². The van der Waals surface area contributed by atoms with E-state index >= 15 is 0 Å². The highest BCUT2D eigenvalue weighted by molar-refractivity contribution is 6.30. The van der Waals surface area contributed by atoms with Crippen LogP contribution in [0.4, 0.5) is 10.5 Å². The third-order valence-corrected chi connectivity index (χ3v) is 3.21. The number of urea groups is 1. The molecule has 0 atom stereocenters. The van der Waals surface area contributed by atoms with Gasteiger partial charge < -0.3 is 16.4 Å². The van der Waals surface area contributed by atoms with E-state index in [2.05, 4.69) is 24.5 Å². The monoisotopic (exact) mass is 361 g/mol. The first-order chi connectivity index (χ1) is 11.9. The minimum absolute atomic E-state index is 0.184. The van der Waals surface area contributed by atoms with Crippen LogP contribution in [-0.2, 0) is 17.8 Å². The molecule has 0 spiro atoms. The van der Waals surface area contributed by atoms with Gasteiger partial charge in [0.25, 0.3) is 0 Å². The first-order valence-electron chi connectivity index (χ1n) is 8.11. The van der Waals surface area contributed by atoms with Crippen LogP contribution in [0.1, 0.15) is 31.4 Å². The summed E-state index contributed by atoms with van der Waals surface area (Å²) >= 11 is 5.80. The van der Waals surface area contributed by atoms with Gasteiger partial charge in [0.2, 0.25) is 5.91 Å². The van der Waals surface area contributed by atoms with Gasteiger partial charge in [-0.3, -0.25) is 4.79 Å². The molecule has 0 unspecified atom stereocenters. The Bertz CT molecular complexity index is 670. The van der Waals surface area contributed by atoms with Crippen LogP contribution in [0.5, 0.6) is 0 Å². The molecule has 134 valence electrons. The van der Waals surface area contributed by atoms with Crippen LogP contribution >= 0.6 is 11.6 Å². The Morgan fingerprint density at radius 3 is 2.00 bits per heavy atom. The largest absolute Gasteiger partial charge is 0.369 e. The van der Waals surface area contributed by atoms with Crippen LogP contribution in [-0.4, -0.2) is 11.9 Å². The van der Waals surface area contributed by atoms with Crippen LogP contribution in [0, 0.1) is 0 Å². The van der Waals surface area contributed by atoms with Crippen molar-refractivity contribution in [2.24, 2.45) is 5.73 Å². The van der Waals surface area contributed by atoms with Gasteiger partial charge in [-0.15, -0.1) is 0 Å². The lowest BCUT2D eigenvalue weighted by Crippen LogP contribution is -2.28. The molecule has 5 nitrogen and oxygen atoms in total. The van der Waals surface area contributed by atoms with Crippen molar-refractivity contribution in [1.82, 2.24) is 5.32 Å². The maximum atomic E-state index is 11.8. The van der Waals surface area contributed by atoms with E-state index < -0.39 is 0 Å². The van der Waals surface area contributed by atoms with Gasteiger partial charge in [-0.25, -0.2) is 4.79 Å². The molecule has 0 radical (unpaired) electrons. The van der Waals surface area contributed by atoms with Crippen LogP contribution in [0.25, 0.3) is 0 Å². The molecule has 0 aliphatic carbocycles. The number of nitrogens with one attached hydrogen (secondary N) is 2. The van der Waals surface area contributed by atoms with Crippen molar-refractivity contribution in [2.45, 2.75) is 33.2 Å². The molecule has 2 rings (SSSR count). The number of amides is 3. The van der Waals surface area contributed by atoms with Crippen molar-refractivity contribution in [2.75, 3.05) is 5.32 Å². The molecule has 25 heavy (non-hydrogen) atoms. The summed E-state index contributed by atoms with van der Waals surface area (Å²) in [6.45, 7) is 4.66. The van der Waals surface area contributed by atoms with E-state index in [4.69, 9.17) is 17.3 Å². The van der Waals surface area contributed by atoms with Gasteiger partial charge in [0, 0.05) is 17.3 Å². The lowest BCUT2D eigenvalue weighted by Gasteiger charge is -2.08. The van der Waals surface area contributed by atoms with E-state index in [1.54, 1.807) is 36.4 Å². The fourth-order valence-electron chi connectivity index (χ4n) is 1.87. The van der Waals surface area contributed by atoms with Gasteiger partial charge in [0.05, 0.1) is 6.42 Å². The van der Waals surface area contributed by atoms with Crippen LogP contribution in [0.3, 0.4) is 0 Å². The molecule has 0 fully saturated rings. The molecule has 0 aliphatic rings. The zero-order chi connectivity index (χ0) is 18.7. The molecule has 0 heterocycles. The van der Waals surface area contributed by atoms with Crippen molar-refractivity contribution >= 4 is 29.2 Å². The molecule has 0 aromatic heterocycles. The first kappa shape index (κ1) is 20.5. The summed E-state index contributed by atoms with van der Waals surface area (Å²) in [7, 11) is 0. The molecule has 3 amide bonds. The zero-order valence-electron chi connectivity index (χ0n) is 14.5. The SMILES string of the molecule is CCC.NC(=O)Cc1ccc(NC(=O)NCc2ccc(Cl)cc2)cc1. The van der Waals surface area contributed by atoms with E-state index in [1.165, 1.54) is 6.42 Å². The molecule has 0 saturated carbocycles. The van der Waals surface area contributed by atoms with Gasteiger partial charge in [-0.05, 0) is 35.4 Å². The maximum Gasteiger partial charge on any atom is 0.319 e. The third-order valence-electron chi connectivity index (χ3n) is 2.96. The number of nitrogens with two attached hydrogens (primary N) is 1. The zero-order valence-corrected chi connectivity index (χ0v) is 15.3. The molecule has 0 saturated heterocycles. The van der Waals surface area contributed by atoms with E-state index in [0.29, 0.717) is 17.3 Å². The Morgan fingerprint density at radius 2 is 1.48 bits per heavy atom. The molecule has 0 aliphatic heterocycles. The van der Waals surface area contributed by atoms with Crippen molar-refractivity contribution < 1.29 is 9.59 Å². The summed E-state index contributed by atoms with van der Waals surface area (Å²) in [5.41, 5.74) is 7.52. The van der Waals surface area contributed by atoms with Gasteiger partial charge in [-0.2, -0.15) is 0 Å². The molecule has 2 aromatic rings. The number of carbonyl (C=O) groups excluding carboxylic acids is 2. The van der Waals surface area contributed by atoms with E-state index in [1.807, 2.05) is 12.1 Å². The third kappa shape index (κ3) is 8.77. The number of rotatable bonds is 5. The Hall–Kier alpha value is -2.53. The maximum absolute atomic E-state index is 11.8. The molecular weight excluding hydrogens is 338 g/mol. The molecular formula is C19H24ClN3O2. The van der Waals surface area contributed by atoms with Gasteiger partial charge >= 0.3 is 6.03 Å². The average molecular weight is 362 g/mol. The predicted octanol–water partition coefficient (Wildman–Crippen LogP) is 4.11. The van der Waals surface area contributed by atoms with Crippen molar-refractivity contribution in [3.63, 3.8) is 0 Å². The Labute approximate surface area is 153 Å². The predicted molar refractivity (Wildman–Crippen MR) is 103 cm³/mol. The highest BCUT2D eigenvalue weighted by atomic mass is 35.5. The molecule has 0 bridgehead atoms. The number of anilines is 1. The minimum Gasteiger partial charge on any atom is -0.369 e. The Morgan fingerprint density at radius 1 is 0.960 bits per heavy atom. The number of hydrogen-bond donors (Lipinski definition) is 3. The highest BCUT2D eigenvalue weighted by Gasteiger charge is 2.03. The lowest BCUT2D eigenvalue weighted by molar-refractivity contribution is -0.117. The average Bonchev–Trinajstić information content (AvgIpc) is 2.56. The number of hydrogen-bond acceptors (Lipinski definition) is 2. The molecule has 2 aromatic carbocycles. The summed E-state index contributed by atoms with van der Waals surface area (Å²) in [5.74, 6) is -0.388. The lowest BCUT2D eigenvalue weighted by atomic mass is 10.1. The summed E-state index contributed by atoms with van der Waals surface area (Å²) in [6.07, 6.45) is 1.43. The quantitative estimate of drug-likeness (QED) is 0.748. The number of primary amides is 1. The second-order valence-electron chi connectivity index (χ2n) is 5.48. The highest BCUT2D eigenvalue weighted by Crippen LogP contribution is 2.11. The van der Waals surface area contributed by atoms with Gasteiger partial charge in [-0.1, -0.05) is 56.1 Å². The summed E-state index contributed by atoms with van der Waals surface area (Å²) in [6, 6.07) is 13.9. The van der Waals surface area contributed by atoms with E-state index in [9.17, 15) is 9.59 Å². The van der Waals surface area contributed by atoms with Crippen LogP contribution in [0.2, 0.25) is 5.02 Å².